The fourth-order valence-corrected chi connectivity index (χ4v) is 3.50. The summed E-state index contributed by atoms with van der Waals surface area (Å²) < 4.78 is 15.7. The topological polar surface area (TPSA) is 228 Å². The number of carboxylic acids is 1. The van der Waals surface area contributed by atoms with Crippen LogP contribution in [0.25, 0.3) is 22.3 Å². The Labute approximate surface area is 188 Å². The fraction of sp³-hybridized carbons (Fsp3) is 0.238. The van der Waals surface area contributed by atoms with Crippen LogP contribution in [0.2, 0.25) is 0 Å². The Bertz CT molecular complexity index is 1330. The van der Waals surface area contributed by atoms with Crippen LogP contribution in [0, 0.1) is 0 Å². The molecule has 5 atom stereocenters. The summed E-state index contributed by atoms with van der Waals surface area (Å²) in [5.74, 6) is -4.92. The number of carbonyl (C=O) groups is 1. The van der Waals surface area contributed by atoms with E-state index in [9.17, 15) is 45.3 Å². The summed E-state index contributed by atoms with van der Waals surface area (Å²) in [5.41, 5.74) is -1.28. The standard InChI is InChI=1S/C21H18O13/c22-7-4-9(24)12-11(5-7)32-18(15(27)13(12)25)6-1-2-10(8(23)3-6)33-21-17(29)14(26)16(28)19(34-21)20(30)31/h1-5,14,16-17,19,21-24,26-29H,(H,30,31)/t14?,16-,17?,19-,21+/m0/s1. The van der Waals surface area contributed by atoms with Crippen LogP contribution in [0.15, 0.2) is 39.5 Å². The highest BCUT2D eigenvalue weighted by atomic mass is 16.7. The summed E-state index contributed by atoms with van der Waals surface area (Å²) in [6.45, 7) is 0. The van der Waals surface area contributed by atoms with Crippen molar-refractivity contribution < 1.29 is 59.5 Å². The van der Waals surface area contributed by atoms with Crippen molar-refractivity contribution in [3.05, 3.63) is 40.6 Å². The van der Waals surface area contributed by atoms with Crippen molar-refractivity contribution in [2.45, 2.75) is 30.7 Å². The highest BCUT2D eigenvalue weighted by molar-refractivity contribution is 5.88. The Morgan fingerprint density at radius 1 is 0.912 bits per heavy atom. The van der Waals surface area contributed by atoms with Crippen molar-refractivity contribution in [2.75, 3.05) is 0 Å². The lowest BCUT2D eigenvalue weighted by molar-refractivity contribution is -0.271. The molecule has 2 heterocycles. The van der Waals surface area contributed by atoms with Crippen molar-refractivity contribution in [3.63, 3.8) is 0 Å². The molecule has 1 aromatic heterocycles. The summed E-state index contributed by atoms with van der Waals surface area (Å²) >= 11 is 0. The minimum Gasteiger partial charge on any atom is -0.508 e. The predicted molar refractivity (Wildman–Crippen MR) is 110 cm³/mol. The number of ether oxygens (including phenoxy) is 2. The number of benzene rings is 2. The third-order valence-corrected chi connectivity index (χ3v) is 5.21. The van der Waals surface area contributed by atoms with Gasteiger partial charge in [-0.1, -0.05) is 0 Å². The number of fused-ring (bicyclic) bond motifs is 1. The molecule has 1 aliphatic rings. The normalized spacial score (nSPS) is 24.7. The highest BCUT2D eigenvalue weighted by Gasteiger charge is 2.48. The molecule has 0 amide bonds. The molecule has 0 spiro atoms. The first kappa shape index (κ1) is 23.1. The maximum atomic E-state index is 12.5. The second-order valence-electron chi connectivity index (χ2n) is 7.48. The number of hydrogen-bond donors (Lipinski definition) is 8. The number of aromatic hydroxyl groups is 4. The molecule has 13 nitrogen and oxygen atoms in total. The summed E-state index contributed by atoms with van der Waals surface area (Å²) in [6.07, 6.45) is -9.41. The molecule has 1 aliphatic heterocycles. The van der Waals surface area contributed by atoms with Gasteiger partial charge in [0.2, 0.25) is 17.5 Å². The Morgan fingerprint density at radius 2 is 1.62 bits per heavy atom. The van der Waals surface area contributed by atoms with Crippen molar-refractivity contribution >= 4 is 16.9 Å². The molecule has 1 saturated heterocycles. The first-order valence-corrected chi connectivity index (χ1v) is 9.64. The fourth-order valence-electron chi connectivity index (χ4n) is 3.50. The van der Waals surface area contributed by atoms with Crippen molar-refractivity contribution in [1.82, 2.24) is 0 Å². The number of phenolic OH excluding ortho intramolecular Hbond substituents is 3. The summed E-state index contributed by atoms with van der Waals surface area (Å²) in [5, 5.41) is 78.5. The van der Waals surface area contributed by atoms with Gasteiger partial charge in [-0.3, -0.25) is 4.79 Å². The molecule has 1 fully saturated rings. The second kappa shape index (κ2) is 8.39. The van der Waals surface area contributed by atoms with E-state index >= 15 is 0 Å². The van der Waals surface area contributed by atoms with E-state index in [1.54, 1.807) is 0 Å². The van der Waals surface area contributed by atoms with Crippen LogP contribution in [0.4, 0.5) is 0 Å². The average Bonchev–Trinajstić information content (AvgIpc) is 2.77. The van der Waals surface area contributed by atoms with Gasteiger partial charge in [0.25, 0.3) is 0 Å². The number of carboxylic acid groups (broad SMARTS) is 1. The molecule has 2 aromatic carbocycles. The molecule has 0 radical (unpaired) electrons. The SMILES string of the molecule is O=C(O)[C@H]1O[C@@H](Oc2ccc(-c3oc4cc(O)cc(O)c4c(=O)c3O)cc2O)C(O)C(O)[C@@H]1O. The molecule has 4 rings (SSSR count). The Balaban J connectivity index is 1.68. The summed E-state index contributed by atoms with van der Waals surface area (Å²) in [4.78, 5) is 23.7. The number of hydrogen-bond acceptors (Lipinski definition) is 12. The van der Waals surface area contributed by atoms with E-state index in [4.69, 9.17) is 19.0 Å². The third kappa shape index (κ3) is 3.82. The molecule has 2 unspecified atom stereocenters. The van der Waals surface area contributed by atoms with Gasteiger partial charge in [-0.05, 0) is 18.2 Å². The second-order valence-corrected chi connectivity index (χ2v) is 7.48. The zero-order chi connectivity index (χ0) is 24.9. The Morgan fingerprint density at radius 3 is 2.26 bits per heavy atom. The number of aliphatic carboxylic acids is 1. The van der Waals surface area contributed by atoms with Crippen LogP contribution in [0.1, 0.15) is 0 Å². The molecule has 8 N–H and O–H groups in total. The van der Waals surface area contributed by atoms with E-state index in [-0.39, 0.29) is 22.3 Å². The minimum atomic E-state index is -1.93. The Hall–Kier alpha value is -4.04. The van der Waals surface area contributed by atoms with Crippen LogP contribution in [0.3, 0.4) is 0 Å². The van der Waals surface area contributed by atoms with Gasteiger partial charge in [0.05, 0.1) is 0 Å². The zero-order valence-electron chi connectivity index (χ0n) is 16.9. The van der Waals surface area contributed by atoms with Crippen LogP contribution in [0.5, 0.6) is 28.7 Å². The number of aliphatic hydroxyl groups excluding tert-OH is 3. The zero-order valence-corrected chi connectivity index (χ0v) is 16.9. The summed E-state index contributed by atoms with van der Waals surface area (Å²) in [6, 6.07) is 5.26. The molecule has 180 valence electrons. The van der Waals surface area contributed by atoms with Crippen molar-refractivity contribution in [2.24, 2.45) is 0 Å². The smallest absolute Gasteiger partial charge is 0.335 e. The molecule has 34 heavy (non-hydrogen) atoms. The quantitative estimate of drug-likeness (QED) is 0.238. The maximum Gasteiger partial charge on any atom is 0.335 e. The van der Waals surface area contributed by atoms with E-state index in [1.807, 2.05) is 0 Å². The van der Waals surface area contributed by atoms with Gasteiger partial charge in [0.15, 0.2) is 23.4 Å². The maximum absolute atomic E-state index is 12.5. The highest BCUT2D eigenvalue weighted by Crippen LogP contribution is 2.39. The molecular formula is C21H18O13. The van der Waals surface area contributed by atoms with Gasteiger partial charge in [-0.25, -0.2) is 4.79 Å². The summed E-state index contributed by atoms with van der Waals surface area (Å²) in [7, 11) is 0. The number of aliphatic hydroxyl groups is 3. The molecule has 3 aromatic rings. The monoisotopic (exact) mass is 478 g/mol. The van der Waals surface area contributed by atoms with Crippen LogP contribution < -0.4 is 10.2 Å². The van der Waals surface area contributed by atoms with Crippen LogP contribution >= 0.6 is 0 Å². The van der Waals surface area contributed by atoms with Gasteiger partial charge in [0, 0.05) is 17.7 Å². The van der Waals surface area contributed by atoms with E-state index in [0.717, 1.165) is 24.3 Å². The first-order valence-electron chi connectivity index (χ1n) is 9.64. The Kier molecular flexibility index (Phi) is 5.70. The number of rotatable bonds is 4. The van der Waals surface area contributed by atoms with Crippen molar-refractivity contribution in [3.8, 4) is 40.1 Å². The largest absolute Gasteiger partial charge is 0.508 e. The molecule has 0 aliphatic carbocycles. The van der Waals surface area contributed by atoms with Crippen LogP contribution in [-0.4, -0.2) is 77.5 Å². The van der Waals surface area contributed by atoms with Gasteiger partial charge >= 0.3 is 5.97 Å². The van der Waals surface area contributed by atoms with Gasteiger partial charge in [-0.2, -0.15) is 0 Å². The molecule has 0 saturated carbocycles. The lowest BCUT2D eigenvalue weighted by Crippen LogP contribution is -2.61. The third-order valence-electron chi connectivity index (χ3n) is 5.21. The predicted octanol–water partition coefficient (Wildman–Crippen LogP) is -0.447. The van der Waals surface area contributed by atoms with E-state index < -0.39 is 70.9 Å². The molecule has 13 heteroatoms. The lowest BCUT2D eigenvalue weighted by atomic mass is 9.99. The van der Waals surface area contributed by atoms with E-state index in [2.05, 4.69) is 0 Å². The van der Waals surface area contributed by atoms with E-state index in [0.29, 0.717) is 0 Å². The van der Waals surface area contributed by atoms with Crippen LogP contribution in [-0.2, 0) is 9.53 Å². The average molecular weight is 478 g/mol. The van der Waals surface area contributed by atoms with E-state index in [1.165, 1.54) is 6.07 Å². The minimum absolute atomic E-state index is 0.0341. The molecule has 0 bridgehead atoms. The number of phenols is 3. The lowest BCUT2D eigenvalue weighted by Gasteiger charge is -2.38. The van der Waals surface area contributed by atoms with Gasteiger partial charge in [0.1, 0.15) is 40.8 Å². The van der Waals surface area contributed by atoms with Gasteiger partial charge < -0.3 is 54.7 Å². The molecular weight excluding hydrogens is 460 g/mol. The van der Waals surface area contributed by atoms with Crippen molar-refractivity contribution in [1.29, 1.82) is 0 Å². The first-order chi connectivity index (χ1) is 16.0. The van der Waals surface area contributed by atoms with Gasteiger partial charge in [-0.15, -0.1) is 0 Å².